The first kappa shape index (κ1) is 21.3. The molecular weight excluding hydrogens is 432 g/mol. The standard InChI is InChI=1S/C22H18N4O5S/c1-4-12-31-18-11-7-10-17-20(18)24-21(26(17)32(29,30)25(2)3)19-15(22(27)28)13-14-8-5-6-9-16(14)23-19/h1,5-11,13H,12H2,2-3H3,(H,27,28). The molecule has 0 radical (unpaired) electrons. The first-order valence-electron chi connectivity index (χ1n) is 9.40. The van der Waals surface area contributed by atoms with Gasteiger partial charge in [-0.1, -0.05) is 30.2 Å². The number of pyridine rings is 1. The summed E-state index contributed by atoms with van der Waals surface area (Å²) in [4.78, 5) is 21.0. The van der Waals surface area contributed by atoms with Crippen LogP contribution in [0.15, 0.2) is 48.5 Å². The van der Waals surface area contributed by atoms with Crippen molar-refractivity contribution in [2.45, 2.75) is 0 Å². The summed E-state index contributed by atoms with van der Waals surface area (Å²) < 4.78 is 34.1. The SMILES string of the molecule is C#CCOc1cccc2c1nc(-c1nc3ccccc3cc1C(=O)O)n2S(=O)(=O)N(C)C. The molecule has 0 aliphatic heterocycles. The number of aromatic carboxylic acids is 1. The number of aromatic nitrogens is 3. The van der Waals surface area contributed by atoms with Crippen LogP contribution in [0.1, 0.15) is 10.4 Å². The zero-order valence-electron chi connectivity index (χ0n) is 17.2. The van der Waals surface area contributed by atoms with Gasteiger partial charge in [-0.15, -0.1) is 6.42 Å². The molecule has 0 saturated heterocycles. The Morgan fingerprint density at radius 1 is 1.19 bits per heavy atom. The van der Waals surface area contributed by atoms with E-state index in [-0.39, 0.29) is 40.5 Å². The van der Waals surface area contributed by atoms with Crippen molar-refractivity contribution >= 4 is 38.1 Å². The lowest BCUT2D eigenvalue weighted by Crippen LogP contribution is -2.29. The Morgan fingerprint density at radius 2 is 1.94 bits per heavy atom. The van der Waals surface area contributed by atoms with Crippen LogP contribution in [0, 0.1) is 12.3 Å². The van der Waals surface area contributed by atoms with Crippen LogP contribution in [0.3, 0.4) is 0 Å². The van der Waals surface area contributed by atoms with E-state index >= 15 is 0 Å². The van der Waals surface area contributed by atoms with Gasteiger partial charge in [0.05, 0.1) is 16.6 Å². The Bertz CT molecular complexity index is 1520. The van der Waals surface area contributed by atoms with E-state index in [0.717, 1.165) is 8.28 Å². The predicted molar refractivity (Wildman–Crippen MR) is 120 cm³/mol. The van der Waals surface area contributed by atoms with Crippen LogP contribution >= 0.6 is 0 Å². The molecule has 2 aromatic heterocycles. The van der Waals surface area contributed by atoms with Gasteiger partial charge in [-0.25, -0.2) is 18.7 Å². The Balaban J connectivity index is 2.14. The van der Waals surface area contributed by atoms with Gasteiger partial charge in [0.2, 0.25) is 0 Å². The highest BCUT2D eigenvalue weighted by Gasteiger charge is 2.30. The summed E-state index contributed by atoms with van der Waals surface area (Å²) in [5, 5.41) is 10.5. The molecule has 10 heteroatoms. The van der Waals surface area contributed by atoms with E-state index in [2.05, 4.69) is 15.9 Å². The summed E-state index contributed by atoms with van der Waals surface area (Å²) in [5.41, 5.74) is 0.655. The highest BCUT2D eigenvalue weighted by molar-refractivity contribution is 7.87. The summed E-state index contributed by atoms with van der Waals surface area (Å²) >= 11 is 0. The molecule has 0 atom stereocenters. The van der Waals surface area contributed by atoms with E-state index in [1.54, 1.807) is 42.5 Å². The Kier molecular flexibility index (Phi) is 5.30. The first-order chi connectivity index (χ1) is 15.3. The van der Waals surface area contributed by atoms with E-state index < -0.39 is 16.2 Å². The average molecular weight is 450 g/mol. The van der Waals surface area contributed by atoms with Crippen LogP contribution in [-0.4, -0.2) is 58.4 Å². The van der Waals surface area contributed by atoms with E-state index in [9.17, 15) is 18.3 Å². The molecule has 0 aliphatic rings. The largest absolute Gasteiger partial charge is 0.479 e. The minimum absolute atomic E-state index is 0.0453. The van der Waals surface area contributed by atoms with Crippen molar-refractivity contribution in [3.8, 4) is 29.6 Å². The number of imidazole rings is 1. The van der Waals surface area contributed by atoms with Crippen LogP contribution in [0.5, 0.6) is 5.75 Å². The number of para-hydroxylation sites is 2. The monoisotopic (exact) mass is 450 g/mol. The fourth-order valence-corrected chi connectivity index (χ4v) is 4.35. The van der Waals surface area contributed by atoms with E-state index in [1.165, 1.54) is 20.2 Å². The van der Waals surface area contributed by atoms with Crippen LogP contribution < -0.4 is 4.74 Å². The Morgan fingerprint density at radius 3 is 2.62 bits per heavy atom. The second-order valence-corrected chi connectivity index (χ2v) is 8.98. The molecule has 9 nitrogen and oxygen atoms in total. The average Bonchev–Trinajstić information content (AvgIpc) is 3.17. The highest BCUT2D eigenvalue weighted by atomic mass is 32.2. The maximum atomic E-state index is 13.3. The molecule has 1 N–H and O–H groups in total. The van der Waals surface area contributed by atoms with Gasteiger partial charge in [-0.2, -0.15) is 12.7 Å². The molecule has 0 fully saturated rings. The van der Waals surface area contributed by atoms with Gasteiger partial charge in [0, 0.05) is 19.5 Å². The number of carboxylic acid groups (broad SMARTS) is 1. The number of hydrogen-bond donors (Lipinski definition) is 1. The van der Waals surface area contributed by atoms with Gasteiger partial charge in [0.1, 0.15) is 23.6 Å². The Hall–Kier alpha value is -3.94. The number of hydrogen-bond acceptors (Lipinski definition) is 6. The topological polar surface area (TPSA) is 115 Å². The molecule has 162 valence electrons. The fraction of sp³-hybridized carbons (Fsp3) is 0.136. The number of ether oxygens (including phenoxy) is 1. The van der Waals surface area contributed by atoms with Crippen molar-refractivity contribution in [2.24, 2.45) is 0 Å². The van der Waals surface area contributed by atoms with Crippen LogP contribution in [0.25, 0.3) is 33.5 Å². The van der Waals surface area contributed by atoms with Gasteiger partial charge in [-0.3, -0.25) is 0 Å². The van der Waals surface area contributed by atoms with Gasteiger partial charge >= 0.3 is 16.2 Å². The molecule has 0 aliphatic carbocycles. The van der Waals surface area contributed by atoms with Crippen LogP contribution in [0.4, 0.5) is 0 Å². The first-order valence-corrected chi connectivity index (χ1v) is 10.8. The van der Waals surface area contributed by atoms with Crippen LogP contribution in [0.2, 0.25) is 0 Å². The second-order valence-electron chi connectivity index (χ2n) is 6.99. The van der Waals surface area contributed by atoms with Gasteiger partial charge < -0.3 is 9.84 Å². The summed E-state index contributed by atoms with van der Waals surface area (Å²) in [6.45, 7) is -0.0453. The lowest BCUT2D eigenvalue weighted by Gasteiger charge is -2.16. The van der Waals surface area contributed by atoms with E-state index in [4.69, 9.17) is 11.2 Å². The van der Waals surface area contributed by atoms with Crippen molar-refractivity contribution < 1.29 is 23.1 Å². The van der Waals surface area contributed by atoms with E-state index in [1.807, 2.05) is 0 Å². The highest BCUT2D eigenvalue weighted by Crippen LogP contribution is 2.34. The zero-order valence-corrected chi connectivity index (χ0v) is 18.0. The minimum atomic E-state index is -4.11. The number of nitrogens with zero attached hydrogens (tertiary/aromatic N) is 4. The van der Waals surface area contributed by atoms with Crippen LogP contribution in [-0.2, 0) is 10.2 Å². The number of benzene rings is 2. The van der Waals surface area contributed by atoms with Gasteiger partial charge in [0.15, 0.2) is 5.82 Å². The predicted octanol–water partition coefficient (Wildman–Crippen LogP) is 2.62. The molecule has 2 heterocycles. The molecule has 32 heavy (non-hydrogen) atoms. The number of terminal acetylenes is 1. The molecule has 2 aromatic carbocycles. The van der Waals surface area contributed by atoms with Gasteiger partial charge in [0.25, 0.3) is 0 Å². The lowest BCUT2D eigenvalue weighted by atomic mass is 10.1. The van der Waals surface area contributed by atoms with Crippen molar-refractivity contribution in [3.05, 3.63) is 54.1 Å². The number of rotatable bonds is 6. The third-order valence-corrected chi connectivity index (χ3v) is 6.53. The molecule has 0 spiro atoms. The number of carboxylic acids is 1. The number of carbonyl (C=O) groups is 1. The molecule has 0 amide bonds. The normalized spacial score (nSPS) is 11.7. The van der Waals surface area contributed by atoms with Crippen molar-refractivity contribution in [3.63, 3.8) is 0 Å². The molecular formula is C22H18N4O5S. The molecule has 0 unspecified atom stereocenters. The summed E-state index contributed by atoms with van der Waals surface area (Å²) in [7, 11) is -1.37. The smallest absolute Gasteiger partial charge is 0.338 e. The summed E-state index contributed by atoms with van der Waals surface area (Å²) in [6.07, 6.45) is 5.28. The summed E-state index contributed by atoms with van der Waals surface area (Å²) in [5.74, 6) is 1.22. The second kappa shape index (κ2) is 7.96. The maximum absolute atomic E-state index is 13.3. The zero-order chi connectivity index (χ0) is 23.0. The quantitative estimate of drug-likeness (QED) is 0.449. The van der Waals surface area contributed by atoms with Gasteiger partial charge in [-0.05, 0) is 24.3 Å². The number of fused-ring (bicyclic) bond motifs is 2. The van der Waals surface area contributed by atoms with Crippen molar-refractivity contribution in [2.75, 3.05) is 20.7 Å². The third-order valence-electron chi connectivity index (χ3n) is 4.78. The van der Waals surface area contributed by atoms with E-state index in [0.29, 0.717) is 10.9 Å². The lowest BCUT2D eigenvalue weighted by molar-refractivity contribution is 0.0697. The van der Waals surface area contributed by atoms with Crippen molar-refractivity contribution in [1.82, 2.24) is 18.2 Å². The molecule has 0 bridgehead atoms. The fourth-order valence-electron chi connectivity index (χ4n) is 3.28. The Labute approximate surface area is 184 Å². The maximum Gasteiger partial charge on any atom is 0.338 e. The molecule has 4 aromatic rings. The molecule has 0 saturated carbocycles. The third kappa shape index (κ3) is 3.43. The summed E-state index contributed by atoms with van der Waals surface area (Å²) in [6, 6.07) is 13.2. The van der Waals surface area contributed by atoms with Crippen molar-refractivity contribution in [1.29, 1.82) is 0 Å². The minimum Gasteiger partial charge on any atom is -0.479 e. The molecule has 4 rings (SSSR count).